The first-order chi connectivity index (χ1) is 9.30. The first kappa shape index (κ1) is 15.2. The van der Waals surface area contributed by atoms with Crippen molar-refractivity contribution in [3.8, 4) is 5.75 Å². The van der Waals surface area contributed by atoms with Crippen LogP contribution in [0.5, 0.6) is 5.75 Å². The van der Waals surface area contributed by atoms with Crippen molar-refractivity contribution < 1.29 is 17.9 Å². The predicted octanol–water partition coefficient (Wildman–Crippen LogP) is 3.91. The van der Waals surface area contributed by atoms with Crippen molar-refractivity contribution in [3.63, 3.8) is 0 Å². The molecule has 2 nitrogen and oxygen atoms in total. The number of hydrogen-bond acceptors (Lipinski definition) is 2. The fourth-order valence-electron chi connectivity index (χ4n) is 3.03. The molecule has 0 saturated heterocycles. The van der Waals surface area contributed by atoms with E-state index in [0.717, 1.165) is 31.2 Å². The Balaban J connectivity index is 1.97. The number of halogens is 3. The van der Waals surface area contributed by atoms with Crippen LogP contribution in [-0.4, -0.2) is 19.5 Å². The highest BCUT2D eigenvalue weighted by atomic mass is 19.4. The highest BCUT2D eigenvalue weighted by Gasteiger charge is 2.34. The molecule has 0 bridgehead atoms. The Hall–Kier alpha value is -1.23. The molecule has 1 saturated carbocycles. The van der Waals surface area contributed by atoms with Crippen molar-refractivity contribution in [1.82, 2.24) is 5.32 Å². The maximum absolute atomic E-state index is 12.1. The summed E-state index contributed by atoms with van der Waals surface area (Å²) in [4.78, 5) is 0. The predicted molar refractivity (Wildman–Crippen MR) is 71.6 cm³/mol. The maximum Gasteiger partial charge on any atom is 0.573 e. The van der Waals surface area contributed by atoms with Crippen LogP contribution in [0.25, 0.3) is 0 Å². The molecule has 1 aromatic rings. The molecule has 1 aliphatic rings. The Morgan fingerprint density at radius 3 is 2.45 bits per heavy atom. The summed E-state index contributed by atoms with van der Waals surface area (Å²) in [5, 5.41) is 3.29. The Morgan fingerprint density at radius 1 is 1.30 bits per heavy atom. The Morgan fingerprint density at radius 2 is 1.95 bits per heavy atom. The van der Waals surface area contributed by atoms with Gasteiger partial charge in [0.25, 0.3) is 0 Å². The summed E-state index contributed by atoms with van der Waals surface area (Å²) < 4.78 is 40.1. The van der Waals surface area contributed by atoms with Crippen molar-refractivity contribution in [3.05, 3.63) is 29.8 Å². The topological polar surface area (TPSA) is 21.3 Å². The molecule has 0 amide bonds. The second-order valence-corrected chi connectivity index (χ2v) is 5.91. The van der Waals surface area contributed by atoms with Crippen LogP contribution in [0.2, 0.25) is 0 Å². The van der Waals surface area contributed by atoms with E-state index in [0.29, 0.717) is 6.04 Å². The van der Waals surface area contributed by atoms with Gasteiger partial charge in [0, 0.05) is 6.04 Å². The van der Waals surface area contributed by atoms with Crippen molar-refractivity contribution in [2.45, 2.75) is 45.0 Å². The second kappa shape index (κ2) is 5.64. The highest BCUT2D eigenvalue weighted by Crippen LogP contribution is 2.40. The molecule has 2 atom stereocenters. The van der Waals surface area contributed by atoms with E-state index >= 15 is 0 Å². The molecule has 0 aliphatic heterocycles. The molecule has 0 radical (unpaired) electrons. The second-order valence-electron chi connectivity index (χ2n) is 5.91. The van der Waals surface area contributed by atoms with Gasteiger partial charge in [-0.15, -0.1) is 13.2 Å². The molecule has 2 unspecified atom stereocenters. The number of hydrogen-bond donors (Lipinski definition) is 1. The van der Waals surface area contributed by atoms with Crippen molar-refractivity contribution >= 4 is 0 Å². The number of ether oxygens (including phenoxy) is 1. The lowest BCUT2D eigenvalue weighted by molar-refractivity contribution is -0.274. The molecular weight excluding hydrogens is 267 g/mol. The summed E-state index contributed by atoms with van der Waals surface area (Å²) in [6.07, 6.45) is -0.345. The maximum atomic E-state index is 12.1. The van der Waals surface area contributed by atoms with Gasteiger partial charge in [-0.2, -0.15) is 0 Å². The molecule has 0 heterocycles. The average Bonchev–Trinajstić information content (AvgIpc) is 2.72. The molecule has 1 fully saturated rings. The minimum atomic E-state index is -4.63. The minimum Gasteiger partial charge on any atom is -0.406 e. The van der Waals surface area contributed by atoms with Crippen LogP contribution in [-0.2, 0) is 6.42 Å². The summed E-state index contributed by atoms with van der Waals surface area (Å²) in [5.41, 5.74) is 1.28. The fraction of sp³-hybridized carbons (Fsp3) is 0.600. The van der Waals surface area contributed by atoms with Gasteiger partial charge in [0.05, 0.1) is 0 Å². The molecular formula is C15H20F3NO. The molecule has 5 heteroatoms. The van der Waals surface area contributed by atoms with E-state index in [1.54, 1.807) is 12.1 Å². The third kappa shape index (κ3) is 4.13. The van der Waals surface area contributed by atoms with Crippen molar-refractivity contribution in [2.75, 3.05) is 7.05 Å². The number of alkyl halides is 3. The Bertz CT molecular complexity index is 443. The van der Waals surface area contributed by atoms with Gasteiger partial charge in [-0.1, -0.05) is 19.1 Å². The van der Waals surface area contributed by atoms with Gasteiger partial charge in [-0.25, -0.2) is 0 Å². The Kier molecular flexibility index (Phi) is 4.28. The summed E-state index contributed by atoms with van der Waals surface area (Å²) in [6, 6.07) is 6.76. The highest BCUT2D eigenvalue weighted by molar-refractivity contribution is 5.28. The number of rotatable bonds is 4. The number of nitrogens with one attached hydrogen (secondary N) is 1. The van der Waals surface area contributed by atoms with Gasteiger partial charge in [-0.05, 0) is 55.8 Å². The molecule has 1 N–H and O–H groups in total. The van der Waals surface area contributed by atoms with Crippen LogP contribution < -0.4 is 10.1 Å². The molecule has 20 heavy (non-hydrogen) atoms. The summed E-state index contributed by atoms with van der Waals surface area (Å²) in [7, 11) is 1.97. The van der Waals surface area contributed by atoms with Gasteiger partial charge in [0.15, 0.2) is 0 Å². The lowest BCUT2D eigenvalue weighted by atomic mass is 9.82. The van der Waals surface area contributed by atoms with E-state index in [1.807, 2.05) is 7.05 Å². The van der Waals surface area contributed by atoms with E-state index in [-0.39, 0.29) is 11.2 Å². The van der Waals surface area contributed by atoms with Gasteiger partial charge < -0.3 is 10.1 Å². The first-order valence-electron chi connectivity index (χ1n) is 6.82. The van der Waals surface area contributed by atoms with Crippen LogP contribution in [0.1, 0.15) is 31.7 Å². The molecule has 0 aromatic heterocycles. The van der Waals surface area contributed by atoms with Gasteiger partial charge in [-0.3, -0.25) is 0 Å². The standard InChI is InChI=1S/C15H20F3NO/c1-14(8-7-12(10-14)19-2)9-11-3-5-13(6-4-11)20-15(16,17)18/h3-6,12,19H,7-10H2,1-2H3. The quantitative estimate of drug-likeness (QED) is 0.906. The lowest BCUT2D eigenvalue weighted by Crippen LogP contribution is -2.24. The Labute approximate surface area is 117 Å². The van der Waals surface area contributed by atoms with Crippen LogP contribution in [0.3, 0.4) is 0 Å². The van der Waals surface area contributed by atoms with Crippen LogP contribution in [0, 0.1) is 5.41 Å². The van der Waals surface area contributed by atoms with E-state index in [1.165, 1.54) is 12.1 Å². The normalized spacial score (nSPS) is 26.8. The smallest absolute Gasteiger partial charge is 0.406 e. The fourth-order valence-corrected chi connectivity index (χ4v) is 3.03. The van der Waals surface area contributed by atoms with Gasteiger partial charge in [0.1, 0.15) is 5.75 Å². The monoisotopic (exact) mass is 287 g/mol. The minimum absolute atomic E-state index is 0.161. The SMILES string of the molecule is CNC1CCC(C)(Cc2ccc(OC(F)(F)F)cc2)C1. The molecule has 1 aliphatic carbocycles. The summed E-state index contributed by atoms with van der Waals surface area (Å²) in [6.45, 7) is 2.24. The first-order valence-corrected chi connectivity index (χ1v) is 6.82. The largest absolute Gasteiger partial charge is 0.573 e. The lowest BCUT2D eigenvalue weighted by Gasteiger charge is -2.24. The molecule has 1 aromatic carbocycles. The van der Waals surface area contributed by atoms with Crippen LogP contribution >= 0.6 is 0 Å². The van der Waals surface area contributed by atoms with E-state index in [2.05, 4.69) is 17.0 Å². The van der Waals surface area contributed by atoms with Gasteiger partial charge in [0.2, 0.25) is 0 Å². The third-order valence-electron chi connectivity index (χ3n) is 4.03. The molecule has 112 valence electrons. The van der Waals surface area contributed by atoms with Crippen molar-refractivity contribution in [2.24, 2.45) is 5.41 Å². The zero-order valence-corrected chi connectivity index (χ0v) is 11.8. The van der Waals surface area contributed by atoms with Crippen LogP contribution in [0.4, 0.5) is 13.2 Å². The average molecular weight is 287 g/mol. The zero-order valence-electron chi connectivity index (χ0n) is 11.8. The molecule has 0 spiro atoms. The summed E-state index contributed by atoms with van der Waals surface area (Å²) in [5.74, 6) is -0.161. The number of benzene rings is 1. The van der Waals surface area contributed by atoms with Crippen molar-refractivity contribution in [1.29, 1.82) is 0 Å². The van der Waals surface area contributed by atoms with Gasteiger partial charge >= 0.3 is 6.36 Å². The molecule has 2 rings (SSSR count). The van der Waals surface area contributed by atoms with E-state index in [9.17, 15) is 13.2 Å². The zero-order chi connectivity index (χ0) is 14.8. The van der Waals surface area contributed by atoms with E-state index in [4.69, 9.17) is 0 Å². The summed E-state index contributed by atoms with van der Waals surface area (Å²) >= 11 is 0. The third-order valence-corrected chi connectivity index (χ3v) is 4.03. The van der Waals surface area contributed by atoms with E-state index < -0.39 is 6.36 Å². The van der Waals surface area contributed by atoms with Crippen LogP contribution in [0.15, 0.2) is 24.3 Å².